The molecule has 0 unspecified atom stereocenters. The second-order valence-electron chi connectivity index (χ2n) is 5.78. The van der Waals surface area contributed by atoms with E-state index >= 15 is 0 Å². The van der Waals surface area contributed by atoms with Crippen LogP contribution in [0.2, 0.25) is 0 Å². The Bertz CT molecular complexity index is 779. The summed E-state index contributed by atoms with van der Waals surface area (Å²) >= 11 is 0. The van der Waals surface area contributed by atoms with Gasteiger partial charge in [-0.25, -0.2) is 4.98 Å². The van der Waals surface area contributed by atoms with Crippen LogP contribution in [0.3, 0.4) is 0 Å². The van der Waals surface area contributed by atoms with Gasteiger partial charge in [0.05, 0.1) is 31.2 Å². The van der Waals surface area contributed by atoms with Crippen LogP contribution in [-0.4, -0.2) is 43.0 Å². The van der Waals surface area contributed by atoms with E-state index in [1.54, 1.807) is 24.8 Å². The van der Waals surface area contributed by atoms with Gasteiger partial charge in [0.2, 0.25) is 5.95 Å². The molecule has 2 aromatic rings. The lowest BCUT2D eigenvalue weighted by atomic mass is 10.0. The monoisotopic (exact) mass is 318 g/mol. The van der Waals surface area contributed by atoms with Crippen molar-refractivity contribution in [3.63, 3.8) is 0 Å². The molecule has 1 atom stereocenters. The Kier molecular flexibility index (Phi) is 4.23. The molecule has 0 spiro atoms. The first-order chi connectivity index (χ1) is 11.0. The number of morpholine rings is 1. The quantitative estimate of drug-likeness (QED) is 0.901. The van der Waals surface area contributed by atoms with Gasteiger partial charge >= 0.3 is 0 Å². The molecule has 2 N–H and O–H groups in total. The summed E-state index contributed by atoms with van der Waals surface area (Å²) in [5.74, 6) is 1.26. The number of benzene rings is 1. The van der Waals surface area contributed by atoms with E-state index in [9.17, 15) is 4.79 Å². The highest BCUT2D eigenvalue weighted by Gasteiger charge is 2.20. The standard InChI is InChI=1S/C16H22N4O3/c1-10(17)12-8-11(22-3)9-13-14(12)18-16(19(2)15(13)21)20-4-6-23-7-5-20/h8-10H,4-7,17H2,1-3H3/t10-/m1/s1. The highest BCUT2D eigenvalue weighted by atomic mass is 16.5. The highest BCUT2D eigenvalue weighted by Crippen LogP contribution is 2.27. The predicted octanol–water partition coefficient (Wildman–Crippen LogP) is 0.798. The number of aromatic nitrogens is 2. The molecule has 0 amide bonds. The zero-order valence-electron chi connectivity index (χ0n) is 13.7. The molecule has 124 valence electrons. The molecule has 1 aliphatic rings. The van der Waals surface area contributed by atoms with E-state index in [-0.39, 0.29) is 11.6 Å². The lowest BCUT2D eigenvalue weighted by Crippen LogP contribution is -2.40. The molecular formula is C16H22N4O3. The second kappa shape index (κ2) is 6.17. The fourth-order valence-corrected chi connectivity index (χ4v) is 2.87. The Labute approximate surface area is 134 Å². The van der Waals surface area contributed by atoms with Crippen molar-refractivity contribution in [1.82, 2.24) is 9.55 Å². The Morgan fingerprint density at radius 1 is 1.35 bits per heavy atom. The highest BCUT2D eigenvalue weighted by molar-refractivity contribution is 5.84. The number of rotatable bonds is 3. The maximum absolute atomic E-state index is 12.8. The molecule has 0 saturated carbocycles. The molecule has 7 nitrogen and oxygen atoms in total. The van der Waals surface area contributed by atoms with Crippen LogP contribution in [-0.2, 0) is 11.8 Å². The summed E-state index contributed by atoms with van der Waals surface area (Å²) < 4.78 is 12.3. The van der Waals surface area contributed by atoms with E-state index in [1.807, 2.05) is 13.0 Å². The van der Waals surface area contributed by atoms with Crippen molar-refractivity contribution < 1.29 is 9.47 Å². The molecule has 3 rings (SSSR count). The maximum Gasteiger partial charge on any atom is 0.262 e. The van der Waals surface area contributed by atoms with Crippen LogP contribution in [0.4, 0.5) is 5.95 Å². The van der Waals surface area contributed by atoms with Crippen LogP contribution < -0.4 is 20.9 Å². The van der Waals surface area contributed by atoms with E-state index < -0.39 is 0 Å². The van der Waals surface area contributed by atoms with Gasteiger partial charge in [-0.15, -0.1) is 0 Å². The van der Waals surface area contributed by atoms with Gasteiger partial charge in [0.1, 0.15) is 5.75 Å². The number of methoxy groups -OCH3 is 1. The summed E-state index contributed by atoms with van der Waals surface area (Å²) in [4.78, 5) is 19.6. The number of anilines is 1. The van der Waals surface area contributed by atoms with E-state index in [4.69, 9.17) is 20.2 Å². The van der Waals surface area contributed by atoms with Gasteiger partial charge in [0, 0.05) is 26.2 Å². The number of nitrogens with zero attached hydrogens (tertiary/aromatic N) is 3. The summed E-state index contributed by atoms with van der Waals surface area (Å²) in [6.07, 6.45) is 0. The largest absolute Gasteiger partial charge is 0.497 e. The van der Waals surface area contributed by atoms with Gasteiger partial charge < -0.3 is 20.1 Å². The predicted molar refractivity (Wildman–Crippen MR) is 89.2 cm³/mol. The third-order valence-corrected chi connectivity index (χ3v) is 4.18. The minimum atomic E-state index is -0.246. The second-order valence-corrected chi connectivity index (χ2v) is 5.78. The summed E-state index contributed by atoms with van der Waals surface area (Å²) in [6.45, 7) is 4.58. The Balaban J connectivity index is 2.27. The van der Waals surface area contributed by atoms with Crippen LogP contribution in [0.5, 0.6) is 5.75 Å². The van der Waals surface area contributed by atoms with Crippen LogP contribution in [0, 0.1) is 0 Å². The van der Waals surface area contributed by atoms with Crippen LogP contribution >= 0.6 is 0 Å². The molecule has 23 heavy (non-hydrogen) atoms. The van der Waals surface area contributed by atoms with Crippen molar-refractivity contribution in [2.75, 3.05) is 38.3 Å². The first-order valence-corrected chi connectivity index (χ1v) is 7.70. The first kappa shape index (κ1) is 15.8. The average molecular weight is 318 g/mol. The minimum Gasteiger partial charge on any atom is -0.497 e. The van der Waals surface area contributed by atoms with Crippen LogP contribution in [0.1, 0.15) is 18.5 Å². The average Bonchev–Trinajstić information content (AvgIpc) is 2.57. The molecule has 1 saturated heterocycles. The molecular weight excluding hydrogens is 296 g/mol. The SMILES string of the molecule is COc1cc([C@@H](C)N)c2nc(N3CCOCC3)n(C)c(=O)c2c1. The van der Waals surface area contributed by atoms with E-state index in [0.29, 0.717) is 35.8 Å². The lowest BCUT2D eigenvalue weighted by molar-refractivity contribution is 0.121. The van der Waals surface area contributed by atoms with Crippen LogP contribution in [0.15, 0.2) is 16.9 Å². The number of fused-ring (bicyclic) bond motifs is 1. The normalized spacial score (nSPS) is 16.6. The Morgan fingerprint density at radius 3 is 2.65 bits per heavy atom. The smallest absolute Gasteiger partial charge is 0.262 e. The molecule has 1 aliphatic heterocycles. The zero-order valence-corrected chi connectivity index (χ0v) is 13.7. The minimum absolute atomic E-state index is 0.0997. The van der Waals surface area contributed by atoms with Gasteiger partial charge in [0.25, 0.3) is 5.56 Å². The fraction of sp³-hybridized carbons (Fsp3) is 0.500. The van der Waals surface area contributed by atoms with Crippen molar-refractivity contribution >= 4 is 16.9 Å². The van der Waals surface area contributed by atoms with Gasteiger partial charge in [0.15, 0.2) is 0 Å². The number of hydrogen-bond acceptors (Lipinski definition) is 6. The number of ether oxygens (including phenoxy) is 2. The first-order valence-electron chi connectivity index (χ1n) is 7.70. The van der Waals surface area contributed by atoms with Crippen molar-refractivity contribution in [2.24, 2.45) is 12.8 Å². The topological polar surface area (TPSA) is 82.6 Å². The van der Waals surface area contributed by atoms with Gasteiger partial charge in [-0.05, 0) is 24.6 Å². The van der Waals surface area contributed by atoms with Crippen LogP contribution in [0.25, 0.3) is 10.9 Å². The molecule has 0 radical (unpaired) electrons. The summed E-state index contributed by atoms with van der Waals surface area (Å²) in [5.41, 5.74) is 7.44. The molecule has 1 aromatic heterocycles. The number of nitrogens with two attached hydrogens (primary N) is 1. The van der Waals surface area contributed by atoms with E-state index in [1.165, 1.54) is 0 Å². The van der Waals surface area contributed by atoms with Crippen molar-refractivity contribution in [1.29, 1.82) is 0 Å². The van der Waals surface area contributed by atoms with Crippen molar-refractivity contribution in [3.8, 4) is 5.75 Å². The van der Waals surface area contributed by atoms with Gasteiger partial charge in [-0.1, -0.05) is 0 Å². The number of hydrogen-bond donors (Lipinski definition) is 1. The summed E-state index contributed by atoms with van der Waals surface area (Å²) in [5, 5.41) is 0.524. The Morgan fingerprint density at radius 2 is 2.04 bits per heavy atom. The molecule has 1 fully saturated rings. The molecule has 1 aromatic carbocycles. The van der Waals surface area contributed by atoms with Crippen molar-refractivity contribution in [3.05, 3.63) is 28.0 Å². The van der Waals surface area contributed by atoms with Gasteiger partial charge in [-0.2, -0.15) is 0 Å². The molecule has 0 bridgehead atoms. The van der Waals surface area contributed by atoms with Crippen molar-refractivity contribution in [2.45, 2.75) is 13.0 Å². The molecule has 2 heterocycles. The lowest BCUT2D eigenvalue weighted by Gasteiger charge is -2.29. The maximum atomic E-state index is 12.8. The third kappa shape index (κ3) is 2.77. The van der Waals surface area contributed by atoms with E-state index in [2.05, 4.69) is 4.90 Å². The zero-order chi connectivity index (χ0) is 16.6. The van der Waals surface area contributed by atoms with Gasteiger partial charge in [-0.3, -0.25) is 9.36 Å². The molecule has 7 heteroatoms. The fourth-order valence-electron chi connectivity index (χ4n) is 2.87. The summed E-state index contributed by atoms with van der Waals surface area (Å²) in [7, 11) is 3.32. The van der Waals surface area contributed by atoms with E-state index in [0.717, 1.165) is 18.7 Å². The molecule has 0 aliphatic carbocycles. The third-order valence-electron chi connectivity index (χ3n) is 4.18. The Hall–Kier alpha value is -2.12. The summed E-state index contributed by atoms with van der Waals surface area (Å²) in [6, 6.07) is 3.33.